The van der Waals surface area contributed by atoms with E-state index in [4.69, 9.17) is 29.8 Å². The second kappa shape index (κ2) is 10.4. The molecular weight excluding hydrogens is 540 g/mol. The third-order valence-electron chi connectivity index (χ3n) is 7.14. The van der Waals surface area contributed by atoms with Gasteiger partial charge in [-0.05, 0) is 6.07 Å². The molecule has 0 bridgehead atoms. The van der Waals surface area contributed by atoms with Gasteiger partial charge in [-0.1, -0.05) is 20.8 Å². The number of fused-ring (bicyclic) bond motifs is 3. The van der Waals surface area contributed by atoms with E-state index in [0.29, 0.717) is 56.8 Å². The second-order valence-corrected chi connectivity index (χ2v) is 11.0. The molecule has 0 saturated carbocycles. The number of rotatable bonds is 7. The molecule has 1 aliphatic heterocycles. The summed E-state index contributed by atoms with van der Waals surface area (Å²) < 4.78 is 26.7. The van der Waals surface area contributed by atoms with Crippen molar-refractivity contribution in [2.45, 2.75) is 26.9 Å². The smallest absolute Gasteiger partial charge is 0.271 e. The lowest BCUT2D eigenvalue weighted by atomic mass is 9.80. The number of aryl methyl sites for hydroxylation is 1. The van der Waals surface area contributed by atoms with Crippen molar-refractivity contribution in [2.75, 3.05) is 28.4 Å². The lowest BCUT2D eigenvalue weighted by Crippen LogP contribution is -2.30. The number of benzene rings is 2. The fourth-order valence-electron chi connectivity index (χ4n) is 5.19. The van der Waals surface area contributed by atoms with Crippen LogP contribution in [0.5, 0.6) is 23.0 Å². The first-order valence-electron chi connectivity index (χ1n) is 13.2. The van der Waals surface area contributed by atoms with E-state index in [2.05, 4.69) is 10.4 Å². The van der Waals surface area contributed by atoms with E-state index in [1.54, 1.807) is 63.5 Å². The standard InChI is InChI=1S/C30H34N6O6/c1-30(2,3)27-23-25(29(38)32-4)34-36(15-9-16(39-6)11-17(10-15)40-7)26(23)19-12-18(21(41-8)13-22(19)42-27)24-20(28(31)37)14-35(5)33-24/h9-14,27H,1-8H3,(H2,31,37)(H,32,38). The van der Waals surface area contributed by atoms with E-state index in [-0.39, 0.29) is 17.2 Å². The van der Waals surface area contributed by atoms with Gasteiger partial charge in [0.2, 0.25) is 0 Å². The Morgan fingerprint density at radius 1 is 0.976 bits per heavy atom. The van der Waals surface area contributed by atoms with Crippen LogP contribution in [0, 0.1) is 5.41 Å². The topological polar surface area (TPSA) is 145 Å². The van der Waals surface area contributed by atoms with Crippen molar-refractivity contribution in [1.82, 2.24) is 24.9 Å². The summed E-state index contributed by atoms with van der Waals surface area (Å²) in [4.78, 5) is 25.6. The number of aromatic nitrogens is 4. The van der Waals surface area contributed by atoms with Crippen LogP contribution in [-0.2, 0) is 7.05 Å². The Morgan fingerprint density at radius 2 is 1.64 bits per heavy atom. The van der Waals surface area contributed by atoms with Crippen molar-refractivity contribution in [3.05, 3.63) is 53.3 Å². The minimum atomic E-state index is -0.627. The molecule has 0 saturated heterocycles. The highest BCUT2D eigenvalue weighted by molar-refractivity contribution is 6.01. The highest BCUT2D eigenvalue weighted by Gasteiger charge is 2.42. The van der Waals surface area contributed by atoms with E-state index in [1.165, 1.54) is 11.8 Å². The zero-order valence-corrected chi connectivity index (χ0v) is 24.9. The number of nitrogens with one attached hydrogen (secondary N) is 1. The molecule has 1 aliphatic rings. The quantitative estimate of drug-likeness (QED) is 0.338. The molecule has 12 heteroatoms. The van der Waals surface area contributed by atoms with E-state index in [0.717, 1.165) is 0 Å². The van der Waals surface area contributed by atoms with Gasteiger partial charge in [0.05, 0.1) is 43.8 Å². The van der Waals surface area contributed by atoms with Gasteiger partial charge in [0.15, 0.2) is 5.69 Å². The number of methoxy groups -OCH3 is 3. The summed E-state index contributed by atoms with van der Waals surface area (Å²) in [6.45, 7) is 6.10. The van der Waals surface area contributed by atoms with E-state index >= 15 is 0 Å². The summed E-state index contributed by atoms with van der Waals surface area (Å²) in [5.41, 5.74) is 9.05. The largest absolute Gasteiger partial charge is 0.497 e. The minimum absolute atomic E-state index is 0.216. The first-order valence-corrected chi connectivity index (χ1v) is 13.2. The van der Waals surface area contributed by atoms with Crippen molar-refractivity contribution >= 4 is 11.8 Å². The molecule has 0 spiro atoms. The van der Waals surface area contributed by atoms with Crippen LogP contribution in [-0.4, -0.2) is 59.8 Å². The van der Waals surface area contributed by atoms with Gasteiger partial charge in [0, 0.05) is 61.1 Å². The average molecular weight is 575 g/mol. The predicted octanol–water partition coefficient (Wildman–Crippen LogP) is 3.90. The van der Waals surface area contributed by atoms with Crippen LogP contribution in [0.2, 0.25) is 0 Å². The number of nitrogens with zero attached hydrogens (tertiary/aromatic N) is 4. The van der Waals surface area contributed by atoms with E-state index < -0.39 is 17.4 Å². The summed E-state index contributed by atoms with van der Waals surface area (Å²) in [7, 11) is 7.92. The van der Waals surface area contributed by atoms with Crippen LogP contribution in [0.25, 0.3) is 28.2 Å². The number of carbonyl (C=O) groups is 2. The third-order valence-corrected chi connectivity index (χ3v) is 7.14. The first kappa shape index (κ1) is 28.5. The number of nitrogens with two attached hydrogens (primary N) is 1. The van der Waals surface area contributed by atoms with Gasteiger partial charge in [-0.15, -0.1) is 0 Å². The Hall–Kier alpha value is -5.00. The van der Waals surface area contributed by atoms with Crippen LogP contribution >= 0.6 is 0 Å². The zero-order chi connectivity index (χ0) is 30.5. The van der Waals surface area contributed by atoms with Crippen LogP contribution in [0.4, 0.5) is 0 Å². The number of ether oxygens (including phenoxy) is 4. The Bertz CT molecular complexity index is 1690. The second-order valence-electron chi connectivity index (χ2n) is 11.0. The summed E-state index contributed by atoms with van der Waals surface area (Å²) >= 11 is 0. The molecule has 12 nitrogen and oxygen atoms in total. The van der Waals surface area contributed by atoms with Crippen LogP contribution in [0.1, 0.15) is 53.3 Å². The molecule has 3 heterocycles. The molecule has 1 unspecified atom stereocenters. The lowest BCUT2D eigenvalue weighted by molar-refractivity contribution is 0.0806. The normalized spacial score (nSPS) is 14.0. The van der Waals surface area contributed by atoms with Gasteiger partial charge in [-0.3, -0.25) is 14.3 Å². The Balaban J connectivity index is 1.91. The van der Waals surface area contributed by atoms with Crippen LogP contribution in [0.3, 0.4) is 0 Å². The molecular formula is C30H34N6O6. The highest BCUT2D eigenvalue weighted by atomic mass is 16.5. The van der Waals surface area contributed by atoms with Crippen molar-refractivity contribution in [3.8, 4) is 51.2 Å². The van der Waals surface area contributed by atoms with Crippen LogP contribution < -0.4 is 30.0 Å². The zero-order valence-electron chi connectivity index (χ0n) is 24.9. The molecule has 2 amide bonds. The van der Waals surface area contributed by atoms with E-state index in [9.17, 15) is 9.59 Å². The average Bonchev–Trinajstić information content (AvgIpc) is 3.56. The predicted molar refractivity (Wildman–Crippen MR) is 156 cm³/mol. The molecule has 220 valence electrons. The Morgan fingerprint density at radius 3 is 2.19 bits per heavy atom. The molecule has 4 aromatic rings. The monoisotopic (exact) mass is 574 g/mol. The number of hydrogen-bond donors (Lipinski definition) is 2. The summed E-state index contributed by atoms with van der Waals surface area (Å²) in [5, 5.41) is 12.1. The minimum Gasteiger partial charge on any atom is -0.497 e. The number of amides is 2. The summed E-state index contributed by atoms with van der Waals surface area (Å²) in [5.74, 6) is 1.05. The maximum atomic E-state index is 13.3. The molecule has 2 aromatic carbocycles. The molecule has 0 fully saturated rings. The SMILES string of the molecule is CNC(=O)c1nn(-c2cc(OC)cc(OC)c2)c2c1C(C(C)(C)C)Oc1cc(OC)c(-c3nn(C)cc3C(N)=O)cc1-2. The lowest BCUT2D eigenvalue weighted by Gasteiger charge is -2.36. The molecule has 42 heavy (non-hydrogen) atoms. The van der Waals surface area contributed by atoms with Gasteiger partial charge in [0.25, 0.3) is 11.8 Å². The fourth-order valence-corrected chi connectivity index (χ4v) is 5.19. The maximum Gasteiger partial charge on any atom is 0.271 e. The van der Waals surface area contributed by atoms with Gasteiger partial charge in [0.1, 0.15) is 34.8 Å². The highest BCUT2D eigenvalue weighted by Crippen LogP contribution is 2.53. The van der Waals surface area contributed by atoms with Gasteiger partial charge < -0.3 is 30.0 Å². The molecule has 5 rings (SSSR count). The number of hydrogen-bond acceptors (Lipinski definition) is 8. The van der Waals surface area contributed by atoms with Crippen molar-refractivity contribution in [1.29, 1.82) is 0 Å². The molecule has 0 radical (unpaired) electrons. The maximum absolute atomic E-state index is 13.3. The molecule has 3 N–H and O–H groups in total. The van der Waals surface area contributed by atoms with Crippen molar-refractivity contribution in [2.24, 2.45) is 18.2 Å². The van der Waals surface area contributed by atoms with Gasteiger partial charge >= 0.3 is 0 Å². The fraction of sp³-hybridized carbons (Fsp3) is 0.333. The number of carbonyl (C=O) groups excluding carboxylic acids is 2. The van der Waals surface area contributed by atoms with E-state index in [1.807, 2.05) is 26.8 Å². The Labute approximate surface area is 243 Å². The third kappa shape index (κ3) is 4.68. The molecule has 1 atom stereocenters. The van der Waals surface area contributed by atoms with Crippen molar-refractivity contribution in [3.63, 3.8) is 0 Å². The summed E-state index contributed by atoms with van der Waals surface area (Å²) in [6, 6.07) is 8.94. The first-order chi connectivity index (χ1) is 19.9. The van der Waals surface area contributed by atoms with Crippen LogP contribution in [0.15, 0.2) is 36.5 Å². The summed E-state index contributed by atoms with van der Waals surface area (Å²) in [6.07, 6.45) is 1.00. The van der Waals surface area contributed by atoms with Gasteiger partial charge in [-0.2, -0.15) is 10.2 Å². The molecule has 2 aromatic heterocycles. The number of primary amides is 1. The van der Waals surface area contributed by atoms with Gasteiger partial charge in [-0.25, -0.2) is 4.68 Å². The Kier molecular flexibility index (Phi) is 7.09. The molecule has 0 aliphatic carbocycles. The van der Waals surface area contributed by atoms with Crippen molar-refractivity contribution < 1.29 is 28.5 Å².